The van der Waals surface area contributed by atoms with E-state index in [1.807, 2.05) is 42.1 Å². The lowest BCUT2D eigenvalue weighted by Crippen LogP contribution is -2.41. The number of rotatable bonds is 9. The topological polar surface area (TPSA) is 101 Å². The number of benzene rings is 1. The molecule has 1 aliphatic rings. The van der Waals surface area contributed by atoms with Crippen molar-refractivity contribution >= 4 is 16.9 Å². The molecule has 3 heterocycles. The number of aliphatic hydroxyl groups is 1. The molecule has 1 unspecified atom stereocenters. The largest absolute Gasteiger partial charge is 0.497 e. The fourth-order valence-electron chi connectivity index (χ4n) is 5.12. The molecule has 190 valence electrons. The molecule has 3 aromatic rings. The number of hydrogen-bond acceptors (Lipinski definition) is 6. The Morgan fingerprint density at radius 3 is 2.83 bits per heavy atom. The molecule has 1 fully saturated rings. The van der Waals surface area contributed by atoms with Gasteiger partial charge in [0.1, 0.15) is 5.75 Å². The Balaban J connectivity index is 1.40. The Kier molecular flexibility index (Phi) is 8.57. The molecule has 1 aliphatic heterocycles. The molecule has 2 N–H and O–H groups in total. The first-order chi connectivity index (χ1) is 17.4. The molecule has 0 radical (unpaired) electrons. The minimum Gasteiger partial charge on any atom is -0.497 e. The van der Waals surface area contributed by atoms with Gasteiger partial charge in [-0.25, -0.2) is 4.98 Å². The van der Waals surface area contributed by atoms with E-state index in [0.717, 1.165) is 54.0 Å². The standard InChI is InChI=1S/C28H34N4O4/c1-31-17-14-30-27(31)4-3-15-32-16-12-20(21(19-32)6-10-28(34)35)5-9-26(33)23-11-13-29-25-8-7-22(36-2)18-24(23)25/h7-8,11,13-14,17-18,20-21,26,33H,5-6,9-10,12,15-16,19H2,1-2H3,(H,34,35)/t20-,21+,26?/m1/s1. The summed E-state index contributed by atoms with van der Waals surface area (Å²) in [6.07, 6.45) is 7.92. The van der Waals surface area contributed by atoms with Crippen molar-refractivity contribution in [2.45, 2.75) is 38.2 Å². The fraction of sp³-hybridized carbons (Fsp3) is 0.464. The fourth-order valence-corrected chi connectivity index (χ4v) is 5.12. The van der Waals surface area contributed by atoms with Gasteiger partial charge in [-0.15, -0.1) is 0 Å². The van der Waals surface area contributed by atoms with Crippen LogP contribution in [0.15, 0.2) is 42.9 Å². The number of carboxylic acids is 1. The van der Waals surface area contributed by atoms with Crippen LogP contribution in [0.4, 0.5) is 0 Å². The van der Waals surface area contributed by atoms with Gasteiger partial charge in [0.05, 0.1) is 25.3 Å². The van der Waals surface area contributed by atoms with Crippen LogP contribution in [-0.2, 0) is 11.8 Å². The van der Waals surface area contributed by atoms with Crippen LogP contribution in [0.5, 0.6) is 5.75 Å². The molecule has 4 rings (SSSR count). The summed E-state index contributed by atoms with van der Waals surface area (Å²) in [7, 11) is 3.55. The van der Waals surface area contributed by atoms with Gasteiger partial charge < -0.3 is 19.5 Å². The number of pyridine rings is 1. The number of fused-ring (bicyclic) bond motifs is 1. The number of carboxylic acid groups (broad SMARTS) is 1. The van der Waals surface area contributed by atoms with Gasteiger partial charge in [-0.05, 0) is 79.8 Å². The molecular weight excluding hydrogens is 456 g/mol. The zero-order chi connectivity index (χ0) is 25.5. The van der Waals surface area contributed by atoms with Crippen molar-refractivity contribution in [2.75, 3.05) is 26.7 Å². The van der Waals surface area contributed by atoms with Crippen LogP contribution in [-0.4, -0.2) is 62.4 Å². The molecule has 0 amide bonds. The molecule has 0 spiro atoms. The van der Waals surface area contributed by atoms with Crippen molar-refractivity contribution in [3.05, 3.63) is 54.2 Å². The van der Waals surface area contributed by atoms with Crippen LogP contribution in [0.1, 0.15) is 49.6 Å². The van der Waals surface area contributed by atoms with Crippen molar-refractivity contribution in [3.8, 4) is 17.6 Å². The Morgan fingerprint density at radius 1 is 1.22 bits per heavy atom. The molecule has 8 nitrogen and oxygen atoms in total. The maximum atomic E-state index is 11.3. The van der Waals surface area contributed by atoms with E-state index in [1.54, 1.807) is 19.5 Å². The summed E-state index contributed by atoms with van der Waals surface area (Å²) < 4.78 is 7.25. The lowest BCUT2D eigenvalue weighted by molar-refractivity contribution is -0.137. The summed E-state index contributed by atoms with van der Waals surface area (Å²) >= 11 is 0. The van der Waals surface area contributed by atoms with Gasteiger partial charge in [0.15, 0.2) is 5.82 Å². The van der Waals surface area contributed by atoms with Crippen LogP contribution in [0.3, 0.4) is 0 Å². The van der Waals surface area contributed by atoms with E-state index in [-0.39, 0.29) is 12.3 Å². The summed E-state index contributed by atoms with van der Waals surface area (Å²) in [5.74, 6) is 7.66. The highest BCUT2D eigenvalue weighted by Crippen LogP contribution is 2.35. The number of aliphatic hydroxyl groups excluding tert-OH is 1. The highest BCUT2D eigenvalue weighted by atomic mass is 16.5. The van der Waals surface area contributed by atoms with Gasteiger partial charge in [0.2, 0.25) is 0 Å². The molecule has 3 atom stereocenters. The van der Waals surface area contributed by atoms with Crippen molar-refractivity contribution in [1.29, 1.82) is 0 Å². The smallest absolute Gasteiger partial charge is 0.303 e. The molecule has 36 heavy (non-hydrogen) atoms. The number of piperidine rings is 1. The van der Waals surface area contributed by atoms with Crippen molar-refractivity contribution in [2.24, 2.45) is 18.9 Å². The summed E-state index contributed by atoms with van der Waals surface area (Å²) in [5.41, 5.74) is 1.68. The summed E-state index contributed by atoms with van der Waals surface area (Å²) in [5, 5.41) is 21.3. The number of likely N-dealkylation sites (tertiary alicyclic amines) is 1. The van der Waals surface area contributed by atoms with E-state index in [1.165, 1.54) is 0 Å². The SMILES string of the molecule is COc1ccc2nccc(C(O)CC[C@@H]3CCN(CC#Cc4nccn4C)C[C@@H]3CCC(=O)O)c2c1. The highest BCUT2D eigenvalue weighted by Gasteiger charge is 2.30. The van der Waals surface area contributed by atoms with Crippen LogP contribution in [0.25, 0.3) is 10.9 Å². The maximum Gasteiger partial charge on any atom is 0.303 e. The minimum absolute atomic E-state index is 0.158. The van der Waals surface area contributed by atoms with Crippen molar-refractivity contribution < 1.29 is 19.7 Å². The van der Waals surface area contributed by atoms with Crippen LogP contribution in [0, 0.1) is 23.7 Å². The van der Waals surface area contributed by atoms with Gasteiger partial charge in [-0.2, -0.15) is 0 Å². The van der Waals surface area contributed by atoms with Crippen molar-refractivity contribution in [1.82, 2.24) is 19.4 Å². The Bertz CT molecular complexity index is 1250. The second kappa shape index (κ2) is 12.0. The number of carbonyl (C=O) groups is 1. The normalized spacial score (nSPS) is 19.0. The number of aryl methyl sites for hydroxylation is 1. The van der Waals surface area contributed by atoms with Gasteiger partial charge in [0.25, 0.3) is 0 Å². The van der Waals surface area contributed by atoms with E-state index < -0.39 is 12.1 Å². The minimum atomic E-state index is -0.766. The zero-order valence-electron chi connectivity index (χ0n) is 20.9. The molecule has 0 bridgehead atoms. The third-order valence-corrected chi connectivity index (χ3v) is 7.18. The number of aliphatic carboxylic acids is 1. The van der Waals surface area contributed by atoms with Gasteiger partial charge >= 0.3 is 5.97 Å². The van der Waals surface area contributed by atoms with E-state index in [2.05, 4.69) is 26.7 Å². The average Bonchev–Trinajstić information content (AvgIpc) is 3.30. The second-order valence-corrected chi connectivity index (χ2v) is 9.52. The predicted octanol–water partition coefficient (Wildman–Crippen LogP) is 3.65. The lowest BCUT2D eigenvalue weighted by atomic mass is 9.79. The van der Waals surface area contributed by atoms with E-state index >= 15 is 0 Å². The molecule has 1 saturated heterocycles. The Morgan fingerprint density at radius 2 is 2.08 bits per heavy atom. The van der Waals surface area contributed by atoms with E-state index in [4.69, 9.17) is 4.74 Å². The van der Waals surface area contributed by atoms with Gasteiger partial charge in [-0.1, -0.05) is 5.92 Å². The number of hydrogen-bond donors (Lipinski definition) is 2. The van der Waals surface area contributed by atoms with Crippen LogP contribution >= 0.6 is 0 Å². The number of nitrogens with zero attached hydrogens (tertiary/aromatic N) is 4. The molecule has 0 aliphatic carbocycles. The quantitative estimate of drug-likeness (QED) is 0.442. The van der Waals surface area contributed by atoms with Crippen LogP contribution < -0.4 is 4.74 Å². The number of ether oxygens (including phenoxy) is 1. The Hall–Kier alpha value is -3.41. The third kappa shape index (κ3) is 6.42. The first kappa shape index (κ1) is 25.7. The number of methoxy groups -OCH3 is 1. The number of imidazole rings is 1. The third-order valence-electron chi connectivity index (χ3n) is 7.18. The summed E-state index contributed by atoms with van der Waals surface area (Å²) in [6, 6.07) is 7.56. The van der Waals surface area contributed by atoms with Crippen LogP contribution in [0.2, 0.25) is 0 Å². The molecule has 2 aromatic heterocycles. The average molecular weight is 491 g/mol. The van der Waals surface area contributed by atoms with E-state index in [9.17, 15) is 15.0 Å². The lowest BCUT2D eigenvalue weighted by Gasteiger charge is -2.38. The zero-order valence-corrected chi connectivity index (χ0v) is 20.9. The first-order valence-corrected chi connectivity index (χ1v) is 12.5. The van der Waals surface area contributed by atoms with Gasteiger partial charge in [0, 0.05) is 44.0 Å². The predicted molar refractivity (Wildman–Crippen MR) is 137 cm³/mol. The Labute approximate surface area is 211 Å². The summed E-state index contributed by atoms with van der Waals surface area (Å²) in [6.45, 7) is 2.37. The summed E-state index contributed by atoms with van der Waals surface area (Å²) in [4.78, 5) is 22.2. The highest BCUT2D eigenvalue weighted by molar-refractivity contribution is 5.83. The molecule has 0 saturated carbocycles. The monoisotopic (exact) mass is 490 g/mol. The number of aromatic nitrogens is 3. The first-order valence-electron chi connectivity index (χ1n) is 12.5. The van der Waals surface area contributed by atoms with E-state index in [0.29, 0.717) is 25.3 Å². The second-order valence-electron chi connectivity index (χ2n) is 9.52. The van der Waals surface area contributed by atoms with Crippen molar-refractivity contribution in [3.63, 3.8) is 0 Å². The molecule has 8 heteroatoms. The van der Waals surface area contributed by atoms with Gasteiger partial charge in [-0.3, -0.25) is 14.7 Å². The molecular formula is C28H34N4O4. The maximum absolute atomic E-state index is 11.3. The molecule has 1 aromatic carbocycles.